The van der Waals surface area contributed by atoms with Gasteiger partial charge in [-0.3, -0.25) is 14.3 Å². The van der Waals surface area contributed by atoms with Crippen LogP contribution >= 0.6 is 11.6 Å². The quantitative estimate of drug-likeness (QED) is 0.583. The lowest BCUT2D eigenvalue weighted by molar-refractivity contribution is -0.141. The minimum absolute atomic E-state index is 0.130. The Morgan fingerprint density at radius 1 is 1.48 bits per heavy atom. The maximum Gasteiger partial charge on any atom is 0.307 e. The number of methoxy groups -OCH3 is 1. The summed E-state index contributed by atoms with van der Waals surface area (Å²) in [6.45, 7) is 6.45. The van der Waals surface area contributed by atoms with Gasteiger partial charge in [-0.25, -0.2) is 0 Å². The first-order valence-corrected chi connectivity index (χ1v) is 8.05. The Labute approximate surface area is 141 Å². The molecular formula is C16H24ClN3O3. The van der Waals surface area contributed by atoms with E-state index in [9.17, 15) is 9.59 Å². The van der Waals surface area contributed by atoms with Crippen molar-refractivity contribution in [3.05, 3.63) is 22.5 Å². The first kappa shape index (κ1) is 19.2. The van der Waals surface area contributed by atoms with E-state index in [2.05, 4.69) is 22.1 Å². The van der Waals surface area contributed by atoms with Crippen molar-refractivity contribution in [1.29, 1.82) is 0 Å². The second-order valence-corrected chi connectivity index (χ2v) is 5.75. The van der Waals surface area contributed by atoms with Gasteiger partial charge in [-0.2, -0.15) is 5.10 Å². The molecule has 0 aliphatic rings. The first-order valence-electron chi connectivity index (χ1n) is 7.67. The summed E-state index contributed by atoms with van der Waals surface area (Å²) in [5.41, 5.74) is 1.51. The van der Waals surface area contributed by atoms with Crippen molar-refractivity contribution in [3.8, 4) is 0 Å². The Balaban J connectivity index is 2.68. The van der Waals surface area contributed by atoms with Crippen LogP contribution in [0.5, 0.6) is 0 Å². The normalized spacial score (nSPS) is 12.4. The van der Waals surface area contributed by atoms with Gasteiger partial charge < -0.3 is 10.1 Å². The Kier molecular flexibility index (Phi) is 7.81. The van der Waals surface area contributed by atoms with Gasteiger partial charge in [-0.15, -0.1) is 0 Å². The van der Waals surface area contributed by atoms with Gasteiger partial charge in [0.05, 0.1) is 19.2 Å². The third kappa shape index (κ3) is 6.06. The number of hydrogen-bond acceptors (Lipinski definition) is 4. The Morgan fingerprint density at radius 3 is 2.78 bits per heavy atom. The number of halogens is 1. The van der Waals surface area contributed by atoms with Gasteiger partial charge in [0, 0.05) is 24.2 Å². The number of esters is 1. The zero-order chi connectivity index (χ0) is 17.4. The van der Waals surface area contributed by atoms with E-state index in [1.807, 2.05) is 6.92 Å². The van der Waals surface area contributed by atoms with Gasteiger partial charge in [0.25, 0.3) is 0 Å². The molecule has 0 saturated heterocycles. The third-order valence-electron chi connectivity index (χ3n) is 3.32. The van der Waals surface area contributed by atoms with E-state index in [0.717, 1.165) is 30.6 Å². The topological polar surface area (TPSA) is 73.2 Å². The average molecular weight is 342 g/mol. The summed E-state index contributed by atoms with van der Waals surface area (Å²) in [6.07, 6.45) is 5.22. The summed E-state index contributed by atoms with van der Waals surface area (Å²) < 4.78 is 6.31. The van der Waals surface area contributed by atoms with Crippen molar-refractivity contribution < 1.29 is 14.3 Å². The number of hydrogen-bond donors (Lipinski definition) is 1. The molecule has 1 rings (SSSR count). The van der Waals surface area contributed by atoms with Crippen LogP contribution < -0.4 is 5.32 Å². The fourth-order valence-corrected chi connectivity index (χ4v) is 2.37. The van der Waals surface area contributed by atoms with Gasteiger partial charge in [0.2, 0.25) is 5.91 Å². The summed E-state index contributed by atoms with van der Waals surface area (Å²) in [7, 11) is 1.32. The molecule has 0 saturated carbocycles. The molecule has 7 heteroatoms. The van der Waals surface area contributed by atoms with E-state index in [1.165, 1.54) is 13.2 Å². The van der Waals surface area contributed by atoms with Crippen molar-refractivity contribution >= 4 is 29.6 Å². The van der Waals surface area contributed by atoms with E-state index in [0.29, 0.717) is 5.15 Å². The van der Waals surface area contributed by atoms with Crippen LogP contribution in [0.2, 0.25) is 5.15 Å². The number of aryl methyl sites for hydroxylation is 2. The van der Waals surface area contributed by atoms with Crippen molar-refractivity contribution in [1.82, 2.24) is 15.1 Å². The second-order valence-electron chi connectivity index (χ2n) is 5.39. The van der Waals surface area contributed by atoms with Gasteiger partial charge in [0.1, 0.15) is 5.15 Å². The highest BCUT2D eigenvalue weighted by molar-refractivity contribution is 6.31. The van der Waals surface area contributed by atoms with Gasteiger partial charge in [-0.05, 0) is 26.3 Å². The molecule has 1 aromatic rings. The van der Waals surface area contributed by atoms with Crippen molar-refractivity contribution in [2.24, 2.45) is 0 Å². The molecule has 23 heavy (non-hydrogen) atoms. The molecule has 1 aromatic heterocycles. The highest BCUT2D eigenvalue weighted by atomic mass is 35.5. The molecule has 1 atom stereocenters. The minimum atomic E-state index is -0.363. The van der Waals surface area contributed by atoms with Crippen molar-refractivity contribution in [2.75, 3.05) is 7.11 Å². The van der Waals surface area contributed by atoms with Crippen LogP contribution in [0.4, 0.5) is 0 Å². The lowest BCUT2D eigenvalue weighted by Gasteiger charge is -2.10. The minimum Gasteiger partial charge on any atom is -0.469 e. The smallest absolute Gasteiger partial charge is 0.307 e. The zero-order valence-corrected chi connectivity index (χ0v) is 14.8. The predicted octanol–water partition coefficient (Wildman–Crippen LogP) is 2.73. The monoisotopic (exact) mass is 341 g/mol. The van der Waals surface area contributed by atoms with Crippen molar-refractivity contribution in [2.45, 2.75) is 52.6 Å². The predicted molar refractivity (Wildman–Crippen MR) is 90.2 cm³/mol. The van der Waals surface area contributed by atoms with E-state index >= 15 is 0 Å². The Bertz CT molecular complexity index is 581. The summed E-state index contributed by atoms with van der Waals surface area (Å²) in [5.74, 6) is -0.656. The fraction of sp³-hybridized carbons (Fsp3) is 0.562. The maximum atomic E-state index is 11.9. The summed E-state index contributed by atoms with van der Waals surface area (Å²) >= 11 is 6.30. The SMILES string of the molecule is CCCCn1nc(C)c(/C=C/C(=O)NC(C)CC(=O)OC)c1Cl. The number of carbonyl (C=O) groups is 2. The molecule has 1 heterocycles. The molecule has 0 bridgehead atoms. The molecule has 0 radical (unpaired) electrons. The fourth-order valence-electron chi connectivity index (χ4n) is 2.05. The molecule has 1 N–H and O–H groups in total. The third-order valence-corrected chi connectivity index (χ3v) is 3.72. The standard InChI is InChI=1S/C16H24ClN3O3/c1-5-6-9-20-16(17)13(12(3)19-20)7-8-14(21)18-11(2)10-15(22)23-4/h7-8,11H,5-6,9-10H2,1-4H3,(H,18,21)/b8-7+. The first-order chi connectivity index (χ1) is 10.9. The summed E-state index contributed by atoms with van der Waals surface area (Å²) in [4.78, 5) is 23.0. The van der Waals surface area contributed by atoms with E-state index in [-0.39, 0.29) is 24.3 Å². The number of nitrogens with one attached hydrogen (secondary N) is 1. The summed E-state index contributed by atoms with van der Waals surface area (Å²) in [6, 6.07) is -0.302. The number of ether oxygens (including phenoxy) is 1. The number of aromatic nitrogens is 2. The summed E-state index contributed by atoms with van der Waals surface area (Å²) in [5, 5.41) is 7.61. The maximum absolute atomic E-state index is 11.9. The molecule has 6 nitrogen and oxygen atoms in total. The number of amides is 1. The number of carbonyl (C=O) groups excluding carboxylic acids is 2. The van der Waals surface area contributed by atoms with Gasteiger partial charge >= 0.3 is 5.97 Å². The lowest BCUT2D eigenvalue weighted by Crippen LogP contribution is -2.33. The lowest BCUT2D eigenvalue weighted by atomic mass is 10.2. The molecule has 0 aliphatic carbocycles. The number of unbranched alkanes of at least 4 members (excludes halogenated alkanes) is 1. The van der Waals surface area contributed by atoms with Crippen molar-refractivity contribution in [3.63, 3.8) is 0 Å². The molecular weight excluding hydrogens is 318 g/mol. The van der Waals surface area contributed by atoms with Crippen LogP contribution in [-0.4, -0.2) is 34.8 Å². The largest absolute Gasteiger partial charge is 0.469 e. The van der Waals surface area contributed by atoms with Crippen LogP contribution in [-0.2, 0) is 20.9 Å². The molecule has 0 spiro atoms. The average Bonchev–Trinajstić information content (AvgIpc) is 2.76. The molecule has 0 fully saturated rings. The van der Waals surface area contributed by atoms with Crippen LogP contribution in [0.25, 0.3) is 6.08 Å². The van der Waals surface area contributed by atoms with Crippen LogP contribution in [0, 0.1) is 6.92 Å². The second kappa shape index (κ2) is 9.35. The highest BCUT2D eigenvalue weighted by Crippen LogP contribution is 2.21. The molecule has 1 unspecified atom stereocenters. The molecule has 0 aromatic carbocycles. The zero-order valence-electron chi connectivity index (χ0n) is 14.1. The van der Waals surface area contributed by atoms with Gasteiger partial charge in [-0.1, -0.05) is 24.9 Å². The molecule has 1 amide bonds. The molecule has 0 aliphatic heterocycles. The van der Waals surface area contributed by atoms with E-state index in [1.54, 1.807) is 17.7 Å². The Hall–Kier alpha value is -1.82. The molecule has 128 valence electrons. The van der Waals surface area contributed by atoms with Crippen LogP contribution in [0.3, 0.4) is 0 Å². The van der Waals surface area contributed by atoms with Gasteiger partial charge in [0.15, 0.2) is 0 Å². The van der Waals surface area contributed by atoms with E-state index < -0.39 is 0 Å². The van der Waals surface area contributed by atoms with E-state index in [4.69, 9.17) is 11.6 Å². The number of nitrogens with zero attached hydrogens (tertiary/aromatic N) is 2. The Morgan fingerprint density at radius 2 is 2.17 bits per heavy atom. The van der Waals surface area contributed by atoms with Crippen LogP contribution in [0.1, 0.15) is 44.4 Å². The highest BCUT2D eigenvalue weighted by Gasteiger charge is 2.13. The number of rotatable bonds is 8. The van der Waals surface area contributed by atoms with Crippen LogP contribution in [0.15, 0.2) is 6.08 Å².